The Labute approximate surface area is 215 Å². The second-order valence-electron chi connectivity index (χ2n) is 9.47. The lowest BCUT2D eigenvalue weighted by Crippen LogP contribution is -2.33. The Hall–Kier alpha value is -4.21. The van der Waals surface area contributed by atoms with Crippen molar-refractivity contribution in [3.63, 3.8) is 0 Å². The van der Waals surface area contributed by atoms with E-state index in [1.165, 1.54) is 13.2 Å². The number of unbranched alkanes of at least 4 members (excludes halogenated alkanes) is 2. The number of fused-ring (bicyclic) bond motifs is 1. The van der Waals surface area contributed by atoms with Crippen LogP contribution in [0.3, 0.4) is 0 Å². The first kappa shape index (κ1) is 27.4. The minimum absolute atomic E-state index is 0.263. The first-order valence-corrected chi connectivity index (χ1v) is 12.0. The number of methoxy groups -OCH3 is 1. The number of benzene rings is 2. The Bertz CT molecular complexity index is 1290. The van der Waals surface area contributed by atoms with Gasteiger partial charge >= 0.3 is 12.1 Å². The van der Waals surface area contributed by atoms with Crippen LogP contribution in [0.4, 0.5) is 10.7 Å². The predicted octanol–water partition coefficient (Wildman–Crippen LogP) is 4.58. The zero-order valence-electron chi connectivity index (χ0n) is 21.5. The molecule has 37 heavy (non-hydrogen) atoms. The molecule has 2 aromatic carbocycles. The van der Waals surface area contributed by atoms with Crippen LogP contribution in [0.5, 0.6) is 0 Å². The number of aldehydes is 1. The molecule has 0 bridgehead atoms. The van der Waals surface area contributed by atoms with Crippen molar-refractivity contribution in [1.29, 1.82) is 0 Å². The summed E-state index contributed by atoms with van der Waals surface area (Å²) in [5.74, 6) is -0.637. The zero-order chi connectivity index (χ0) is 27.0. The number of imidazole rings is 1. The number of ether oxygens (including phenoxy) is 2. The van der Waals surface area contributed by atoms with Crippen LogP contribution in [0.15, 0.2) is 42.5 Å². The van der Waals surface area contributed by atoms with Gasteiger partial charge in [0, 0.05) is 24.2 Å². The molecule has 0 aliphatic carbocycles. The monoisotopic (exact) mass is 508 g/mol. The highest BCUT2D eigenvalue weighted by molar-refractivity contribution is 6.05. The molecule has 0 radical (unpaired) electrons. The van der Waals surface area contributed by atoms with Crippen molar-refractivity contribution >= 4 is 41.2 Å². The Kier molecular flexibility index (Phi) is 9.00. The summed E-state index contributed by atoms with van der Waals surface area (Å²) in [6.45, 7) is 6.48. The molecular formula is C27H32N4O6. The maximum atomic E-state index is 13.0. The van der Waals surface area contributed by atoms with Crippen molar-refractivity contribution in [2.45, 2.75) is 52.2 Å². The summed E-state index contributed by atoms with van der Waals surface area (Å²) in [5.41, 5.74) is 1.83. The average Bonchev–Trinajstić information content (AvgIpc) is 3.20. The number of anilines is 1. The number of aromatic nitrogens is 2. The highest BCUT2D eigenvalue weighted by Gasteiger charge is 2.17. The molecule has 3 aromatic rings. The van der Waals surface area contributed by atoms with Crippen molar-refractivity contribution in [3.05, 3.63) is 59.2 Å². The predicted molar refractivity (Wildman–Crippen MR) is 139 cm³/mol. The van der Waals surface area contributed by atoms with Gasteiger partial charge in [-0.2, -0.15) is 0 Å². The smallest absolute Gasteiger partial charge is 0.407 e. The van der Waals surface area contributed by atoms with Crippen LogP contribution < -0.4 is 10.6 Å². The number of aryl methyl sites for hydroxylation is 1. The van der Waals surface area contributed by atoms with Crippen LogP contribution in [0.1, 0.15) is 71.1 Å². The molecule has 0 aliphatic heterocycles. The molecule has 0 saturated heterocycles. The molecule has 0 unspecified atom stereocenters. The summed E-state index contributed by atoms with van der Waals surface area (Å²) < 4.78 is 11.8. The van der Waals surface area contributed by atoms with Crippen molar-refractivity contribution in [3.8, 4) is 0 Å². The molecule has 10 nitrogen and oxygen atoms in total. The fourth-order valence-corrected chi connectivity index (χ4v) is 3.70. The van der Waals surface area contributed by atoms with E-state index in [-0.39, 0.29) is 11.1 Å². The van der Waals surface area contributed by atoms with E-state index in [0.29, 0.717) is 30.1 Å². The third-order valence-electron chi connectivity index (χ3n) is 5.41. The Balaban J connectivity index is 1.70. The van der Waals surface area contributed by atoms with Crippen molar-refractivity contribution < 1.29 is 28.7 Å². The lowest BCUT2D eigenvalue weighted by atomic mass is 10.1. The standard InChI is InChI=1S/C27H32N4O6/c1-27(2,3)37-26(35)28-13-6-5-7-14-31-22-12-11-18(17-32)15-21(22)29-25(31)30-23(33)19-9-8-10-20(16-19)24(34)36-4/h8-12,15-17H,5-7,13-14H2,1-4H3,(H,28,35)(H,29,30,33). The quantitative estimate of drug-likeness (QED) is 0.233. The largest absolute Gasteiger partial charge is 0.465 e. The zero-order valence-corrected chi connectivity index (χ0v) is 21.5. The van der Waals surface area contributed by atoms with Crippen molar-refractivity contribution in [1.82, 2.24) is 14.9 Å². The molecule has 1 aromatic heterocycles. The number of alkyl carbamates (subject to hydrolysis) is 1. The molecule has 0 aliphatic rings. The normalized spacial score (nSPS) is 11.1. The molecule has 0 fully saturated rings. The number of hydrogen-bond donors (Lipinski definition) is 2. The highest BCUT2D eigenvalue weighted by atomic mass is 16.6. The minimum atomic E-state index is -0.544. The van der Waals surface area contributed by atoms with Crippen LogP contribution in [0.2, 0.25) is 0 Å². The summed E-state index contributed by atoms with van der Waals surface area (Å²) in [6, 6.07) is 11.4. The fraction of sp³-hybridized carbons (Fsp3) is 0.370. The number of rotatable bonds is 10. The third-order valence-corrected chi connectivity index (χ3v) is 5.41. The van der Waals surface area contributed by atoms with Gasteiger partial charge in [-0.3, -0.25) is 14.9 Å². The topological polar surface area (TPSA) is 129 Å². The molecule has 196 valence electrons. The summed E-state index contributed by atoms with van der Waals surface area (Å²) in [4.78, 5) is 52.4. The van der Waals surface area contributed by atoms with Crippen LogP contribution in [-0.4, -0.2) is 53.1 Å². The van der Waals surface area contributed by atoms with Gasteiger partial charge in [0.1, 0.15) is 11.9 Å². The van der Waals surface area contributed by atoms with Gasteiger partial charge in [0.05, 0.1) is 23.7 Å². The van der Waals surface area contributed by atoms with E-state index < -0.39 is 23.6 Å². The average molecular weight is 509 g/mol. The maximum absolute atomic E-state index is 13.0. The Morgan fingerprint density at radius 2 is 1.78 bits per heavy atom. The minimum Gasteiger partial charge on any atom is -0.465 e. The maximum Gasteiger partial charge on any atom is 0.407 e. The molecular weight excluding hydrogens is 476 g/mol. The van der Waals surface area contributed by atoms with Gasteiger partial charge in [-0.1, -0.05) is 6.07 Å². The second-order valence-corrected chi connectivity index (χ2v) is 9.47. The Morgan fingerprint density at radius 1 is 1.03 bits per heavy atom. The van der Waals surface area contributed by atoms with Gasteiger partial charge in [0.2, 0.25) is 5.95 Å². The van der Waals surface area contributed by atoms with Crippen molar-refractivity contribution in [2.75, 3.05) is 19.0 Å². The van der Waals surface area contributed by atoms with Gasteiger partial charge in [-0.15, -0.1) is 0 Å². The van der Waals surface area contributed by atoms with E-state index in [9.17, 15) is 19.2 Å². The number of esters is 1. The SMILES string of the molecule is COC(=O)c1cccc(C(=O)Nc2nc3cc(C=O)ccc3n2CCCCCNC(=O)OC(C)(C)C)c1. The van der Waals surface area contributed by atoms with E-state index in [1.54, 1.807) is 36.4 Å². The molecule has 1 heterocycles. The fourth-order valence-electron chi connectivity index (χ4n) is 3.70. The molecule has 0 spiro atoms. The Morgan fingerprint density at radius 3 is 2.49 bits per heavy atom. The molecule has 0 saturated carbocycles. The van der Waals surface area contributed by atoms with Crippen LogP contribution in [-0.2, 0) is 16.0 Å². The van der Waals surface area contributed by atoms with Gasteiger partial charge < -0.3 is 19.4 Å². The molecule has 0 atom stereocenters. The lowest BCUT2D eigenvalue weighted by molar-refractivity contribution is 0.0525. The summed E-state index contributed by atoms with van der Waals surface area (Å²) >= 11 is 0. The summed E-state index contributed by atoms with van der Waals surface area (Å²) in [6.07, 6.45) is 2.63. The van der Waals surface area contributed by atoms with Crippen LogP contribution >= 0.6 is 0 Å². The highest BCUT2D eigenvalue weighted by Crippen LogP contribution is 2.23. The number of carbonyl (C=O) groups is 4. The van der Waals surface area contributed by atoms with Gasteiger partial charge in [-0.05, 0) is 76.4 Å². The molecule has 10 heteroatoms. The molecule has 2 amide bonds. The van der Waals surface area contributed by atoms with E-state index in [4.69, 9.17) is 9.47 Å². The first-order chi connectivity index (χ1) is 17.6. The lowest BCUT2D eigenvalue weighted by Gasteiger charge is -2.19. The van der Waals surface area contributed by atoms with Crippen LogP contribution in [0, 0.1) is 0 Å². The molecule has 2 N–H and O–H groups in total. The van der Waals surface area contributed by atoms with Gasteiger partial charge in [-0.25, -0.2) is 14.6 Å². The molecule has 3 rings (SSSR count). The summed E-state index contributed by atoms with van der Waals surface area (Å²) in [5, 5.41) is 5.57. The van der Waals surface area contributed by atoms with E-state index in [1.807, 2.05) is 25.3 Å². The number of hydrogen-bond acceptors (Lipinski definition) is 7. The van der Waals surface area contributed by atoms with Gasteiger partial charge in [0.15, 0.2) is 0 Å². The number of nitrogens with one attached hydrogen (secondary N) is 2. The van der Waals surface area contributed by atoms with E-state index in [2.05, 4.69) is 15.6 Å². The van der Waals surface area contributed by atoms with Crippen molar-refractivity contribution in [2.24, 2.45) is 0 Å². The number of nitrogens with zero attached hydrogens (tertiary/aromatic N) is 2. The van der Waals surface area contributed by atoms with Gasteiger partial charge in [0.25, 0.3) is 5.91 Å². The van der Waals surface area contributed by atoms with E-state index >= 15 is 0 Å². The van der Waals surface area contributed by atoms with Crippen LogP contribution in [0.25, 0.3) is 11.0 Å². The third kappa shape index (κ3) is 7.63. The first-order valence-electron chi connectivity index (χ1n) is 12.0. The van der Waals surface area contributed by atoms with E-state index in [0.717, 1.165) is 31.1 Å². The number of amides is 2. The number of carbonyl (C=O) groups excluding carboxylic acids is 4. The summed E-state index contributed by atoms with van der Waals surface area (Å²) in [7, 11) is 1.28. The second kappa shape index (κ2) is 12.2.